The molecule has 0 saturated heterocycles. The first-order chi connectivity index (χ1) is 13.1. The minimum atomic E-state index is 0.0315. The zero-order chi connectivity index (χ0) is 18.8. The van der Waals surface area contributed by atoms with Gasteiger partial charge in [-0.25, -0.2) is 9.97 Å². The van der Waals surface area contributed by atoms with Gasteiger partial charge in [-0.3, -0.25) is 9.79 Å². The summed E-state index contributed by atoms with van der Waals surface area (Å²) in [5, 5.41) is 4.94. The van der Waals surface area contributed by atoms with E-state index in [2.05, 4.69) is 38.6 Å². The van der Waals surface area contributed by atoms with Gasteiger partial charge in [0, 0.05) is 35.0 Å². The highest BCUT2D eigenvalue weighted by Crippen LogP contribution is 2.31. The van der Waals surface area contributed by atoms with Crippen LogP contribution in [0.25, 0.3) is 10.4 Å². The van der Waals surface area contributed by atoms with Gasteiger partial charge in [0.1, 0.15) is 17.3 Å². The highest BCUT2D eigenvalue weighted by molar-refractivity contribution is 7.13. The van der Waals surface area contributed by atoms with Gasteiger partial charge in [-0.1, -0.05) is 0 Å². The van der Waals surface area contributed by atoms with Crippen LogP contribution in [-0.4, -0.2) is 22.1 Å². The summed E-state index contributed by atoms with van der Waals surface area (Å²) in [6.45, 7) is 2.06. The molecule has 0 aliphatic heterocycles. The van der Waals surface area contributed by atoms with E-state index < -0.39 is 0 Å². The molecule has 3 aromatic rings. The number of aliphatic imine (C=N–C) groups is 1. The molecule has 0 atom stereocenters. The van der Waals surface area contributed by atoms with Crippen LogP contribution in [0.3, 0.4) is 0 Å². The number of aryl methyl sites for hydroxylation is 1. The number of hydrogen-bond acceptors (Lipinski definition) is 6. The van der Waals surface area contributed by atoms with Gasteiger partial charge in [-0.2, -0.15) is 0 Å². The van der Waals surface area contributed by atoms with Crippen LogP contribution in [0.1, 0.15) is 24.0 Å². The van der Waals surface area contributed by atoms with Gasteiger partial charge < -0.3 is 11.1 Å². The Morgan fingerprint density at radius 3 is 2.93 bits per heavy atom. The van der Waals surface area contributed by atoms with Gasteiger partial charge in [0.25, 0.3) is 0 Å². The predicted molar refractivity (Wildman–Crippen MR) is 110 cm³/mol. The number of hydrogen-bond donors (Lipinski definition) is 2. The fraction of sp³-hybridized carbons (Fsp3) is 0.200. The summed E-state index contributed by atoms with van der Waals surface area (Å²) < 4.78 is 0. The lowest BCUT2D eigenvalue weighted by Crippen LogP contribution is -2.14. The van der Waals surface area contributed by atoms with E-state index in [1.54, 1.807) is 36.0 Å². The largest absolute Gasteiger partial charge is 0.382 e. The molecular weight excluding hydrogens is 358 g/mol. The molecule has 1 amide bonds. The zero-order valence-electron chi connectivity index (χ0n) is 14.8. The first-order valence-electron chi connectivity index (χ1n) is 8.70. The SMILES string of the molecule is Cc1csc(-c2cnc(N)c(/N=C/c3ccnc(NC(=O)C4CC4)c3)c2)c1. The second kappa shape index (κ2) is 7.28. The van der Waals surface area contributed by atoms with Crippen molar-refractivity contribution in [1.29, 1.82) is 0 Å². The van der Waals surface area contributed by atoms with Crippen molar-refractivity contribution in [2.75, 3.05) is 11.1 Å². The fourth-order valence-electron chi connectivity index (χ4n) is 2.60. The highest BCUT2D eigenvalue weighted by atomic mass is 32.1. The number of pyridine rings is 2. The maximum absolute atomic E-state index is 11.9. The molecule has 1 fully saturated rings. The third kappa shape index (κ3) is 4.20. The summed E-state index contributed by atoms with van der Waals surface area (Å²) in [6.07, 6.45) is 7.03. The van der Waals surface area contributed by atoms with Gasteiger partial charge in [-0.15, -0.1) is 11.3 Å². The molecule has 6 nitrogen and oxygen atoms in total. The second-order valence-electron chi connectivity index (χ2n) is 6.61. The number of nitrogens with zero attached hydrogens (tertiary/aromatic N) is 3. The van der Waals surface area contributed by atoms with E-state index in [1.807, 2.05) is 12.1 Å². The van der Waals surface area contributed by atoms with E-state index in [9.17, 15) is 4.79 Å². The maximum Gasteiger partial charge on any atom is 0.228 e. The first-order valence-corrected chi connectivity index (χ1v) is 9.58. The maximum atomic E-state index is 11.9. The molecule has 3 N–H and O–H groups in total. The smallest absolute Gasteiger partial charge is 0.228 e. The fourth-order valence-corrected chi connectivity index (χ4v) is 3.48. The molecule has 4 rings (SSSR count). The Bertz CT molecular complexity index is 1020. The number of nitrogens with two attached hydrogens (primary N) is 1. The third-order valence-electron chi connectivity index (χ3n) is 4.25. The van der Waals surface area contributed by atoms with E-state index >= 15 is 0 Å². The summed E-state index contributed by atoms with van der Waals surface area (Å²) in [6, 6.07) is 7.66. The zero-order valence-corrected chi connectivity index (χ0v) is 15.7. The number of rotatable bonds is 5. The molecule has 1 saturated carbocycles. The van der Waals surface area contributed by atoms with Crippen molar-refractivity contribution < 1.29 is 4.79 Å². The molecule has 0 radical (unpaired) electrons. The van der Waals surface area contributed by atoms with Crippen LogP contribution in [0.5, 0.6) is 0 Å². The highest BCUT2D eigenvalue weighted by Gasteiger charge is 2.29. The average Bonchev–Trinajstić information content (AvgIpc) is 3.43. The van der Waals surface area contributed by atoms with Crippen LogP contribution < -0.4 is 11.1 Å². The number of nitrogens with one attached hydrogen (secondary N) is 1. The standard InChI is InChI=1S/C20H19N5OS/c1-12-6-17(27-11-12)15-8-16(19(21)24-10-15)23-9-13-4-5-22-18(7-13)25-20(26)14-2-3-14/h4-11,14H,2-3H2,1H3,(H2,21,24)(H,22,25,26)/b23-9+. The number of carbonyl (C=O) groups excluding carboxylic acids is 1. The Morgan fingerprint density at radius 2 is 2.19 bits per heavy atom. The van der Waals surface area contributed by atoms with Crippen molar-refractivity contribution in [3.63, 3.8) is 0 Å². The molecular formula is C20H19N5OS. The number of aromatic nitrogens is 2. The van der Waals surface area contributed by atoms with Gasteiger partial charge >= 0.3 is 0 Å². The number of thiophene rings is 1. The van der Waals surface area contributed by atoms with E-state index in [-0.39, 0.29) is 11.8 Å². The summed E-state index contributed by atoms with van der Waals surface area (Å²) in [5.41, 5.74) is 9.62. The summed E-state index contributed by atoms with van der Waals surface area (Å²) in [7, 11) is 0. The van der Waals surface area contributed by atoms with E-state index in [0.29, 0.717) is 17.3 Å². The first kappa shape index (κ1) is 17.4. The van der Waals surface area contributed by atoms with Crippen molar-refractivity contribution in [3.05, 3.63) is 53.2 Å². The number of amides is 1. The van der Waals surface area contributed by atoms with Crippen molar-refractivity contribution >= 4 is 40.8 Å². The monoisotopic (exact) mass is 377 g/mol. The van der Waals surface area contributed by atoms with Crippen molar-refractivity contribution in [2.45, 2.75) is 19.8 Å². The van der Waals surface area contributed by atoms with E-state index in [4.69, 9.17) is 5.73 Å². The molecule has 0 unspecified atom stereocenters. The topological polar surface area (TPSA) is 93.3 Å². The summed E-state index contributed by atoms with van der Waals surface area (Å²) in [4.78, 5) is 25.9. The number of nitrogen functional groups attached to an aromatic ring is 1. The van der Waals surface area contributed by atoms with Crippen LogP contribution >= 0.6 is 11.3 Å². The van der Waals surface area contributed by atoms with Crippen LogP contribution in [-0.2, 0) is 4.79 Å². The van der Waals surface area contributed by atoms with Crippen LogP contribution in [0, 0.1) is 12.8 Å². The molecule has 1 aliphatic carbocycles. The van der Waals surface area contributed by atoms with Crippen LogP contribution in [0.4, 0.5) is 17.3 Å². The molecule has 7 heteroatoms. The molecule has 3 aromatic heterocycles. The van der Waals surface area contributed by atoms with Crippen LogP contribution in [0.2, 0.25) is 0 Å². The quantitative estimate of drug-likeness (QED) is 0.652. The van der Waals surface area contributed by atoms with Gasteiger partial charge in [-0.05, 0) is 60.5 Å². The van der Waals surface area contributed by atoms with Crippen molar-refractivity contribution in [2.24, 2.45) is 10.9 Å². The normalized spacial score (nSPS) is 13.8. The second-order valence-corrected chi connectivity index (χ2v) is 7.52. The Morgan fingerprint density at radius 1 is 1.33 bits per heavy atom. The van der Waals surface area contributed by atoms with Crippen molar-refractivity contribution in [3.8, 4) is 10.4 Å². The Balaban J connectivity index is 1.54. The summed E-state index contributed by atoms with van der Waals surface area (Å²) in [5.74, 6) is 1.08. The van der Waals surface area contributed by atoms with E-state index in [1.165, 1.54) is 5.56 Å². The Hall–Kier alpha value is -3.06. The average molecular weight is 377 g/mol. The predicted octanol–water partition coefficient (Wildman–Crippen LogP) is 4.19. The van der Waals surface area contributed by atoms with E-state index in [0.717, 1.165) is 28.8 Å². The van der Waals surface area contributed by atoms with Gasteiger partial charge in [0.15, 0.2) is 0 Å². The molecule has 0 aromatic carbocycles. The molecule has 136 valence electrons. The Kier molecular flexibility index (Phi) is 4.68. The Labute approximate surface area is 161 Å². The molecule has 0 bridgehead atoms. The minimum absolute atomic E-state index is 0.0315. The molecule has 27 heavy (non-hydrogen) atoms. The molecule has 3 heterocycles. The van der Waals surface area contributed by atoms with Crippen molar-refractivity contribution in [1.82, 2.24) is 9.97 Å². The lowest BCUT2D eigenvalue weighted by molar-refractivity contribution is -0.117. The lowest BCUT2D eigenvalue weighted by atomic mass is 10.2. The minimum Gasteiger partial charge on any atom is -0.382 e. The van der Waals surface area contributed by atoms with Crippen LogP contribution in [0.15, 0.2) is 47.0 Å². The number of anilines is 2. The summed E-state index contributed by atoms with van der Waals surface area (Å²) >= 11 is 1.67. The lowest BCUT2D eigenvalue weighted by Gasteiger charge is -2.04. The van der Waals surface area contributed by atoms with Gasteiger partial charge in [0.2, 0.25) is 5.91 Å². The molecule has 1 aliphatic rings. The van der Waals surface area contributed by atoms with Gasteiger partial charge in [0.05, 0.1) is 0 Å². The molecule has 0 spiro atoms. The third-order valence-corrected chi connectivity index (χ3v) is 5.35. The number of carbonyl (C=O) groups is 1.